The lowest BCUT2D eigenvalue weighted by Crippen LogP contribution is -2.09. The summed E-state index contributed by atoms with van der Waals surface area (Å²) in [5.74, 6) is -0.411. The molecule has 18 heavy (non-hydrogen) atoms. The highest BCUT2D eigenvalue weighted by Gasteiger charge is 2.17. The van der Waals surface area contributed by atoms with Gasteiger partial charge in [0.2, 0.25) is 0 Å². The molecule has 1 aromatic heterocycles. The third kappa shape index (κ3) is 2.20. The van der Waals surface area contributed by atoms with Crippen LogP contribution in [0.4, 0.5) is 0 Å². The van der Waals surface area contributed by atoms with Crippen molar-refractivity contribution in [1.29, 1.82) is 0 Å². The number of rotatable bonds is 4. The molecule has 0 aliphatic carbocycles. The summed E-state index contributed by atoms with van der Waals surface area (Å²) in [6, 6.07) is 5.35. The second-order valence-corrected chi connectivity index (χ2v) is 4.99. The lowest BCUT2D eigenvalue weighted by atomic mass is 10.1. The van der Waals surface area contributed by atoms with Crippen LogP contribution in [0.15, 0.2) is 18.2 Å². The Balaban J connectivity index is 2.48. The van der Waals surface area contributed by atoms with Gasteiger partial charge in [-0.05, 0) is 31.4 Å². The summed E-state index contributed by atoms with van der Waals surface area (Å²) in [5, 5.41) is 17.2. The number of hydrogen-bond acceptors (Lipinski definition) is 3. The Morgan fingerprint density at radius 1 is 1.39 bits per heavy atom. The van der Waals surface area contributed by atoms with Gasteiger partial charge in [-0.2, -0.15) is 0 Å². The van der Waals surface area contributed by atoms with Crippen LogP contribution in [0.1, 0.15) is 43.6 Å². The van der Waals surface area contributed by atoms with Crippen LogP contribution in [0.25, 0.3) is 11.0 Å². The molecule has 0 fully saturated rings. The van der Waals surface area contributed by atoms with Crippen molar-refractivity contribution in [2.45, 2.75) is 33.2 Å². The maximum Gasteiger partial charge on any atom is 0.338 e. The fourth-order valence-electron chi connectivity index (χ4n) is 2.24. The highest BCUT2D eigenvalue weighted by molar-refractivity contribution is 6.00. The third-order valence-corrected chi connectivity index (χ3v) is 2.96. The summed E-state index contributed by atoms with van der Waals surface area (Å²) in [5.41, 5.74) is 1.44. The lowest BCUT2D eigenvalue weighted by Gasteiger charge is -2.14. The third-order valence-electron chi connectivity index (χ3n) is 2.96. The Hall–Kier alpha value is -1.91. The number of carboxylic acids is 1. The van der Waals surface area contributed by atoms with Gasteiger partial charge in [0.05, 0.1) is 17.1 Å². The first-order valence-corrected chi connectivity index (χ1v) is 6.08. The van der Waals surface area contributed by atoms with Gasteiger partial charge in [-0.1, -0.05) is 25.1 Å². The van der Waals surface area contributed by atoms with Gasteiger partial charge in [-0.25, -0.2) is 9.48 Å². The fourth-order valence-corrected chi connectivity index (χ4v) is 2.24. The highest BCUT2D eigenvalue weighted by Crippen LogP contribution is 2.22. The molecule has 1 unspecified atom stereocenters. The van der Waals surface area contributed by atoms with Crippen molar-refractivity contribution in [2.24, 2.45) is 5.92 Å². The standard InChI is InChI=1S/C13H17N3O2/c1-8(2)7-9(3)16-11-6-4-5-10(13(17)18)12(11)14-15-16/h4-6,8-9H,7H2,1-3H3,(H,17,18). The van der Waals surface area contributed by atoms with E-state index in [2.05, 4.69) is 31.1 Å². The zero-order valence-electron chi connectivity index (χ0n) is 10.8. The number of aromatic carboxylic acids is 1. The molecule has 1 atom stereocenters. The molecule has 96 valence electrons. The van der Waals surface area contributed by atoms with Gasteiger partial charge in [0.15, 0.2) is 0 Å². The average Bonchev–Trinajstić information content (AvgIpc) is 2.70. The van der Waals surface area contributed by atoms with E-state index in [0.29, 0.717) is 11.4 Å². The van der Waals surface area contributed by atoms with Crippen LogP contribution in [0, 0.1) is 5.92 Å². The molecule has 5 heteroatoms. The molecule has 0 spiro atoms. The predicted octanol–water partition coefficient (Wildman–Crippen LogP) is 2.74. The van der Waals surface area contributed by atoms with E-state index in [1.807, 2.05) is 10.7 Å². The van der Waals surface area contributed by atoms with Crippen molar-refractivity contribution in [3.8, 4) is 0 Å². The number of benzene rings is 1. The first-order valence-electron chi connectivity index (χ1n) is 6.08. The molecule has 2 aromatic rings. The maximum atomic E-state index is 11.1. The lowest BCUT2D eigenvalue weighted by molar-refractivity contribution is 0.0699. The minimum atomic E-state index is -0.968. The van der Waals surface area contributed by atoms with E-state index in [9.17, 15) is 4.79 Å². The van der Waals surface area contributed by atoms with E-state index in [-0.39, 0.29) is 11.6 Å². The monoisotopic (exact) mass is 247 g/mol. The van der Waals surface area contributed by atoms with Crippen molar-refractivity contribution < 1.29 is 9.90 Å². The molecule has 0 amide bonds. The number of fused-ring (bicyclic) bond motifs is 1. The SMILES string of the molecule is CC(C)CC(C)n1nnc2c(C(=O)O)cccc21. The molecule has 1 aromatic carbocycles. The van der Waals surface area contributed by atoms with Crippen LogP contribution in [0.5, 0.6) is 0 Å². The van der Waals surface area contributed by atoms with Crippen LogP contribution >= 0.6 is 0 Å². The second-order valence-electron chi connectivity index (χ2n) is 4.99. The molecule has 0 radical (unpaired) electrons. The fraction of sp³-hybridized carbons (Fsp3) is 0.462. The van der Waals surface area contributed by atoms with Crippen LogP contribution in [0.3, 0.4) is 0 Å². The number of nitrogens with zero attached hydrogens (tertiary/aromatic N) is 3. The Labute approximate surface area is 105 Å². The van der Waals surface area contributed by atoms with Crippen LogP contribution in [0.2, 0.25) is 0 Å². The van der Waals surface area contributed by atoms with Crippen LogP contribution < -0.4 is 0 Å². The van der Waals surface area contributed by atoms with Gasteiger partial charge < -0.3 is 5.11 Å². The summed E-state index contributed by atoms with van der Waals surface area (Å²) in [4.78, 5) is 11.1. The first kappa shape index (κ1) is 12.5. The summed E-state index contributed by atoms with van der Waals surface area (Å²) in [6.45, 7) is 6.37. The van der Waals surface area contributed by atoms with Gasteiger partial charge in [0, 0.05) is 0 Å². The largest absolute Gasteiger partial charge is 0.478 e. The molecule has 1 heterocycles. The average molecular weight is 247 g/mol. The zero-order chi connectivity index (χ0) is 13.3. The molecule has 1 N–H and O–H groups in total. The van der Waals surface area contributed by atoms with Crippen LogP contribution in [-0.4, -0.2) is 26.1 Å². The van der Waals surface area contributed by atoms with E-state index in [4.69, 9.17) is 5.11 Å². The molecule has 0 bridgehead atoms. The van der Waals surface area contributed by atoms with Crippen molar-refractivity contribution in [3.05, 3.63) is 23.8 Å². The van der Waals surface area contributed by atoms with E-state index >= 15 is 0 Å². The van der Waals surface area contributed by atoms with E-state index in [1.54, 1.807) is 12.1 Å². The van der Waals surface area contributed by atoms with Gasteiger partial charge >= 0.3 is 5.97 Å². The summed E-state index contributed by atoms with van der Waals surface area (Å²) < 4.78 is 1.81. The molecular formula is C13H17N3O2. The number of hydrogen-bond donors (Lipinski definition) is 1. The van der Waals surface area contributed by atoms with Crippen molar-refractivity contribution >= 4 is 17.0 Å². The molecule has 0 saturated carbocycles. The van der Waals surface area contributed by atoms with Gasteiger partial charge in [0.25, 0.3) is 0 Å². The molecule has 5 nitrogen and oxygen atoms in total. The molecule has 0 saturated heterocycles. The molecule has 0 aliphatic rings. The zero-order valence-corrected chi connectivity index (χ0v) is 10.8. The normalized spacial score (nSPS) is 13.1. The number of aromatic nitrogens is 3. The molecule has 0 aliphatic heterocycles. The van der Waals surface area contributed by atoms with Gasteiger partial charge in [-0.3, -0.25) is 0 Å². The number of carbonyl (C=O) groups is 1. The molecular weight excluding hydrogens is 230 g/mol. The first-order chi connectivity index (χ1) is 8.50. The van der Waals surface area contributed by atoms with Crippen molar-refractivity contribution in [3.63, 3.8) is 0 Å². The summed E-state index contributed by atoms with van der Waals surface area (Å²) >= 11 is 0. The van der Waals surface area contributed by atoms with E-state index in [0.717, 1.165) is 11.9 Å². The second kappa shape index (κ2) is 4.76. The van der Waals surface area contributed by atoms with Crippen LogP contribution in [-0.2, 0) is 0 Å². The highest BCUT2D eigenvalue weighted by atomic mass is 16.4. The van der Waals surface area contributed by atoms with Gasteiger partial charge in [-0.15, -0.1) is 5.10 Å². The Bertz CT molecular complexity index is 575. The smallest absolute Gasteiger partial charge is 0.338 e. The predicted molar refractivity (Wildman–Crippen MR) is 68.7 cm³/mol. The Morgan fingerprint density at radius 3 is 2.72 bits per heavy atom. The number of carboxylic acid groups (broad SMARTS) is 1. The Morgan fingerprint density at radius 2 is 2.11 bits per heavy atom. The van der Waals surface area contributed by atoms with Crippen molar-refractivity contribution in [2.75, 3.05) is 0 Å². The van der Waals surface area contributed by atoms with Gasteiger partial charge in [0.1, 0.15) is 5.52 Å². The van der Waals surface area contributed by atoms with Crippen molar-refractivity contribution in [1.82, 2.24) is 15.0 Å². The topological polar surface area (TPSA) is 68.0 Å². The Kier molecular flexibility index (Phi) is 3.32. The summed E-state index contributed by atoms with van der Waals surface area (Å²) in [7, 11) is 0. The minimum Gasteiger partial charge on any atom is -0.478 e. The molecule has 2 rings (SSSR count). The van der Waals surface area contributed by atoms with E-state index in [1.165, 1.54) is 0 Å². The summed E-state index contributed by atoms with van der Waals surface area (Å²) in [6.07, 6.45) is 0.982. The quantitative estimate of drug-likeness (QED) is 0.902. The maximum absolute atomic E-state index is 11.1. The minimum absolute atomic E-state index is 0.204. The van der Waals surface area contributed by atoms with E-state index < -0.39 is 5.97 Å².